The summed E-state index contributed by atoms with van der Waals surface area (Å²) in [4.78, 5) is 22.9. The SMILES string of the molecule is O=C(O)C1CCC(C(=O)Nc2ccc(Cl)cc2)CC1. The number of carbonyl (C=O) groups is 2. The monoisotopic (exact) mass is 281 g/mol. The topological polar surface area (TPSA) is 66.4 Å². The van der Waals surface area contributed by atoms with Crippen molar-refractivity contribution in [2.24, 2.45) is 11.8 Å². The first-order chi connectivity index (χ1) is 9.06. The summed E-state index contributed by atoms with van der Waals surface area (Å²) in [5, 5.41) is 12.4. The van der Waals surface area contributed by atoms with Gasteiger partial charge in [-0.15, -0.1) is 0 Å². The summed E-state index contributed by atoms with van der Waals surface area (Å²) in [5.74, 6) is -1.17. The Morgan fingerprint density at radius 1 is 1.05 bits per heavy atom. The molecule has 102 valence electrons. The minimum atomic E-state index is -0.753. The van der Waals surface area contributed by atoms with Crippen molar-refractivity contribution in [2.45, 2.75) is 25.7 Å². The van der Waals surface area contributed by atoms with Crippen LogP contribution in [0, 0.1) is 11.8 Å². The molecule has 0 atom stereocenters. The van der Waals surface area contributed by atoms with Crippen LogP contribution >= 0.6 is 11.6 Å². The molecule has 1 saturated carbocycles. The van der Waals surface area contributed by atoms with Crippen LogP contribution in [0.25, 0.3) is 0 Å². The van der Waals surface area contributed by atoms with E-state index in [1.165, 1.54) is 0 Å². The molecule has 0 bridgehead atoms. The number of nitrogens with one attached hydrogen (secondary N) is 1. The summed E-state index contributed by atoms with van der Waals surface area (Å²) in [6.07, 6.45) is 2.43. The van der Waals surface area contributed by atoms with Crippen molar-refractivity contribution in [3.8, 4) is 0 Å². The van der Waals surface area contributed by atoms with E-state index in [0.717, 1.165) is 5.69 Å². The Morgan fingerprint density at radius 3 is 2.11 bits per heavy atom. The number of carboxylic acid groups (broad SMARTS) is 1. The Morgan fingerprint density at radius 2 is 1.58 bits per heavy atom. The van der Waals surface area contributed by atoms with Crippen LogP contribution in [0.2, 0.25) is 5.02 Å². The van der Waals surface area contributed by atoms with Crippen LogP contribution in [-0.4, -0.2) is 17.0 Å². The van der Waals surface area contributed by atoms with Gasteiger partial charge in [-0.25, -0.2) is 0 Å². The quantitative estimate of drug-likeness (QED) is 0.894. The average molecular weight is 282 g/mol. The molecule has 1 amide bonds. The van der Waals surface area contributed by atoms with E-state index in [0.29, 0.717) is 30.7 Å². The van der Waals surface area contributed by atoms with Crippen molar-refractivity contribution in [3.05, 3.63) is 29.3 Å². The third kappa shape index (κ3) is 3.70. The van der Waals surface area contributed by atoms with Crippen molar-refractivity contribution in [3.63, 3.8) is 0 Å². The predicted octanol–water partition coefficient (Wildman–Crippen LogP) is 3.17. The molecule has 1 fully saturated rings. The Hall–Kier alpha value is -1.55. The molecule has 0 spiro atoms. The third-order valence-electron chi connectivity index (χ3n) is 3.56. The first kappa shape index (κ1) is 13.9. The number of hydrogen-bond acceptors (Lipinski definition) is 2. The molecule has 0 aliphatic heterocycles. The maximum Gasteiger partial charge on any atom is 0.306 e. The molecular formula is C14H16ClNO3. The number of carbonyl (C=O) groups excluding carboxylic acids is 1. The van der Waals surface area contributed by atoms with Gasteiger partial charge in [0.15, 0.2) is 0 Å². The van der Waals surface area contributed by atoms with Gasteiger partial charge in [0, 0.05) is 16.6 Å². The van der Waals surface area contributed by atoms with Crippen LogP contribution in [0.3, 0.4) is 0 Å². The van der Waals surface area contributed by atoms with Crippen molar-refractivity contribution in [1.82, 2.24) is 0 Å². The van der Waals surface area contributed by atoms with Crippen molar-refractivity contribution in [1.29, 1.82) is 0 Å². The Labute approximate surface area is 116 Å². The molecule has 4 nitrogen and oxygen atoms in total. The molecule has 1 aromatic carbocycles. The standard InChI is InChI=1S/C14H16ClNO3/c15-11-5-7-12(8-6-11)16-13(17)9-1-3-10(4-2-9)14(18)19/h5-10H,1-4H2,(H,16,17)(H,18,19). The fourth-order valence-corrected chi connectivity index (χ4v) is 2.51. The molecule has 0 saturated heterocycles. The number of halogens is 1. The number of anilines is 1. The highest BCUT2D eigenvalue weighted by Gasteiger charge is 2.29. The maximum atomic E-state index is 12.0. The number of aliphatic carboxylic acids is 1. The molecule has 0 heterocycles. The predicted molar refractivity (Wildman–Crippen MR) is 73.2 cm³/mol. The summed E-state index contributed by atoms with van der Waals surface area (Å²) in [7, 11) is 0. The lowest BCUT2D eigenvalue weighted by atomic mass is 9.81. The van der Waals surface area contributed by atoms with Crippen LogP contribution in [0.4, 0.5) is 5.69 Å². The summed E-state index contributed by atoms with van der Waals surface area (Å²) >= 11 is 5.77. The fourth-order valence-electron chi connectivity index (χ4n) is 2.38. The first-order valence-corrected chi connectivity index (χ1v) is 6.73. The number of hydrogen-bond donors (Lipinski definition) is 2. The molecule has 19 heavy (non-hydrogen) atoms. The van der Waals surface area contributed by atoms with Crippen molar-refractivity contribution >= 4 is 29.2 Å². The summed E-state index contributed by atoms with van der Waals surface area (Å²) in [6, 6.07) is 6.95. The minimum absolute atomic E-state index is 0.0360. The van der Waals surface area contributed by atoms with Crippen molar-refractivity contribution in [2.75, 3.05) is 5.32 Å². The molecule has 1 aliphatic rings. The van der Waals surface area contributed by atoms with Gasteiger partial charge in [-0.1, -0.05) is 11.6 Å². The van der Waals surface area contributed by atoms with E-state index in [-0.39, 0.29) is 17.7 Å². The van der Waals surface area contributed by atoms with E-state index in [4.69, 9.17) is 16.7 Å². The van der Waals surface area contributed by atoms with Gasteiger partial charge in [0.25, 0.3) is 0 Å². The minimum Gasteiger partial charge on any atom is -0.481 e. The Kier molecular flexibility index (Phi) is 4.43. The smallest absolute Gasteiger partial charge is 0.306 e. The van der Waals surface area contributed by atoms with E-state index in [1.54, 1.807) is 24.3 Å². The molecule has 5 heteroatoms. The molecule has 2 rings (SSSR count). The molecule has 0 unspecified atom stereocenters. The van der Waals surface area contributed by atoms with Crippen LogP contribution in [0.5, 0.6) is 0 Å². The van der Waals surface area contributed by atoms with E-state index < -0.39 is 5.97 Å². The van der Waals surface area contributed by atoms with E-state index in [9.17, 15) is 9.59 Å². The lowest BCUT2D eigenvalue weighted by Crippen LogP contribution is -2.29. The summed E-state index contributed by atoms with van der Waals surface area (Å²) in [6.45, 7) is 0. The highest BCUT2D eigenvalue weighted by atomic mass is 35.5. The van der Waals surface area contributed by atoms with Gasteiger partial charge >= 0.3 is 5.97 Å². The highest BCUT2D eigenvalue weighted by molar-refractivity contribution is 6.30. The van der Waals surface area contributed by atoms with Gasteiger partial charge in [0.05, 0.1) is 5.92 Å². The van der Waals surface area contributed by atoms with Gasteiger partial charge in [0.1, 0.15) is 0 Å². The lowest BCUT2D eigenvalue weighted by Gasteiger charge is -2.25. The van der Waals surface area contributed by atoms with Gasteiger partial charge in [-0.05, 0) is 49.9 Å². The largest absolute Gasteiger partial charge is 0.481 e. The molecule has 2 N–H and O–H groups in total. The molecule has 0 radical (unpaired) electrons. The zero-order valence-corrected chi connectivity index (χ0v) is 11.2. The van der Waals surface area contributed by atoms with Gasteiger partial charge in [-0.3, -0.25) is 9.59 Å². The van der Waals surface area contributed by atoms with E-state index in [1.807, 2.05) is 0 Å². The second-order valence-corrected chi connectivity index (χ2v) is 5.32. The Balaban J connectivity index is 1.88. The van der Waals surface area contributed by atoms with Crippen LogP contribution < -0.4 is 5.32 Å². The number of rotatable bonds is 3. The average Bonchev–Trinajstić information content (AvgIpc) is 2.41. The van der Waals surface area contributed by atoms with E-state index in [2.05, 4.69) is 5.32 Å². The number of carboxylic acids is 1. The molecule has 1 aliphatic carbocycles. The normalized spacial score (nSPS) is 22.8. The maximum absolute atomic E-state index is 12.0. The zero-order valence-electron chi connectivity index (χ0n) is 10.4. The van der Waals surface area contributed by atoms with E-state index >= 15 is 0 Å². The second-order valence-electron chi connectivity index (χ2n) is 4.88. The zero-order chi connectivity index (χ0) is 13.8. The molecule has 1 aromatic rings. The number of amides is 1. The van der Waals surface area contributed by atoms with Crippen molar-refractivity contribution < 1.29 is 14.7 Å². The lowest BCUT2D eigenvalue weighted by molar-refractivity contribution is -0.143. The fraction of sp³-hybridized carbons (Fsp3) is 0.429. The van der Waals surface area contributed by atoms with Gasteiger partial charge in [0.2, 0.25) is 5.91 Å². The first-order valence-electron chi connectivity index (χ1n) is 6.35. The molecular weight excluding hydrogens is 266 g/mol. The summed E-state index contributed by atoms with van der Waals surface area (Å²) < 4.78 is 0. The van der Waals surface area contributed by atoms with Crippen LogP contribution in [0.15, 0.2) is 24.3 Å². The highest BCUT2D eigenvalue weighted by Crippen LogP contribution is 2.29. The van der Waals surface area contributed by atoms with Crippen LogP contribution in [0.1, 0.15) is 25.7 Å². The van der Waals surface area contributed by atoms with Crippen LogP contribution in [-0.2, 0) is 9.59 Å². The number of benzene rings is 1. The van der Waals surface area contributed by atoms with Gasteiger partial charge < -0.3 is 10.4 Å². The summed E-state index contributed by atoms with van der Waals surface area (Å²) in [5.41, 5.74) is 0.717. The second kappa shape index (κ2) is 6.06. The molecule has 0 aromatic heterocycles. The van der Waals surface area contributed by atoms with Gasteiger partial charge in [-0.2, -0.15) is 0 Å². The Bertz CT molecular complexity index is 464. The third-order valence-corrected chi connectivity index (χ3v) is 3.81.